The highest BCUT2D eigenvalue weighted by molar-refractivity contribution is 7.33. The molecule has 0 aromatic carbocycles. The van der Waals surface area contributed by atoms with Crippen molar-refractivity contribution in [2.75, 3.05) is 40.9 Å². The predicted octanol–water partition coefficient (Wildman–Crippen LogP) is 2.96. The molecule has 0 aromatic heterocycles. The lowest BCUT2D eigenvalue weighted by atomic mass is 10.2. The standard InChI is InChI=1S/C11H26NO3P/c1-5-6-7-8-10-14-16(13)15-11-9-12(2,3)4/h5-11H2,1-4H3/q+2. The first-order chi connectivity index (χ1) is 7.45. The van der Waals surface area contributed by atoms with E-state index < -0.39 is 8.25 Å². The summed E-state index contributed by atoms with van der Waals surface area (Å²) in [5.41, 5.74) is 0. The number of rotatable bonds is 10. The quantitative estimate of drug-likeness (QED) is 0.340. The third kappa shape index (κ3) is 12.1. The van der Waals surface area contributed by atoms with Crippen LogP contribution in [0.25, 0.3) is 0 Å². The molecule has 5 heteroatoms. The van der Waals surface area contributed by atoms with Crippen LogP contribution in [0.15, 0.2) is 0 Å². The van der Waals surface area contributed by atoms with Gasteiger partial charge in [0, 0.05) is 4.57 Å². The molecule has 0 aliphatic rings. The van der Waals surface area contributed by atoms with Gasteiger partial charge in [0.1, 0.15) is 13.2 Å². The van der Waals surface area contributed by atoms with E-state index in [1.807, 2.05) is 0 Å². The summed E-state index contributed by atoms with van der Waals surface area (Å²) in [7, 11) is 4.30. The molecule has 1 atom stereocenters. The van der Waals surface area contributed by atoms with Crippen molar-refractivity contribution in [1.82, 2.24) is 0 Å². The van der Waals surface area contributed by atoms with E-state index in [0.717, 1.165) is 23.9 Å². The largest absolute Gasteiger partial charge is 0.697 e. The van der Waals surface area contributed by atoms with E-state index in [0.29, 0.717) is 13.2 Å². The van der Waals surface area contributed by atoms with Crippen molar-refractivity contribution < 1.29 is 18.1 Å². The highest BCUT2D eigenvalue weighted by atomic mass is 31.1. The Morgan fingerprint density at radius 2 is 1.62 bits per heavy atom. The van der Waals surface area contributed by atoms with Crippen molar-refractivity contribution in [3.05, 3.63) is 0 Å². The lowest BCUT2D eigenvalue weighted by Crippen LogP contribution is -2.37. The normalized spacial score (nSPS) is 12.9. The summed E-state index contributed by atoms with van der Waals surface area (Å²) in [6.45, 7) is 4.02. The number of quaternary nitrogens is 1. The van der Waals surface area contributed by atoms with Gasteiger partial charge in [0.15, 0.2) is 6.61 Å². The Kier molecular flexibility index (Phi) is 9.04. The predicted molar refractivity (Wildman–Crippen MR) is 66.6 cm³/mol. The zero-order valence-electron chi connectivity index (χ0n) is 11.1. The van der Waals surface area contributed by atoms with Gasteiger partial charge in [-0.05, 0) is 6.42 Å². The number of unbranched alkanes of at least 4 members (excludes halogenated alkanes) is 3. The monoisotopic (exact) mass is 251 g/mol. The Morgan fingerprint density at radius 3 is 2.19 bits per heavy atom. The molecule has 16 heavy (non-hydrogen) atoms. The van der Waals surface area contributed by atoms with Crippen LogP contribution in [-0.2, 0) is 13.6 Å². The van der Waals surface area contributed by atoms with Crippen LogP contribution in [0.2, 0.25) is 0 Å². The fourth-order valence-corrected chi connectivity index (χ4v) is 1.68. The van der Waals surface area contributed by atoms with Crippen LogP contribution >= 0.6 is 8.25 Å². The fraction of sp³-hybridized carbons (Fsp3) is 1.00. The lowest BCUT2D eigenvalue weighted by molar-refractivity contribution is -0.870. The van der Waals surface area contributed by atoms with E-state index in [9.17, 15) is 4.57 Å². The highest BCUT2D eigenvalue weighted by Gasteiger charge is 2.21. The summed E-state index contributed by atoms with van der Waals surface area (Å²) in [5.74, 6) is 0. The average molecular weight is 251 g/mol. The van der Waals surface area contributed by atoms with Crippen LogP contribution in [0, 0.1) is 0 Å². The second kappa shape index (κ2) is 9.06. The van der Waals surface area contributed by atoms with Gasteiger partial charge in [-0.25, -0.2) is 0 Å². The number of likely N-dealkylation sites (N-methyl/N-ethyl adjacent to an activating group) is 1. The van der Waals surface area contributed by atoms with Gasteiger partial charge in [0.05, 0.1) is 21.1 Å². The summed E-state index contributed by atoms with van der Waals surface area (Å²) < 4.78 is 22.2. The van der Waals surface area contributed by atoms with Gasteiger partial charge in [-0.3, -0.25) is 0 Å². The first kappa shape index (κ1) is 16.0. The molecule has 0 aliphatic carbocycles. The molecule has 0 N–H and O–H groups in total. The van der Waals surface area contributed by atoms with Gasteiger partial charge in [0.2, 0.25) is 0 Å². The summed E-state index contributed by atoms with van der Waals surface area (Å²) in [6, 6.07) is 0. The number of hydrogen-bond donors (Lipinski definition) is 0. The van der Waals surface area contributed by atoms with Crippen molar-refractivity contribution in [2.24, 2.45) is 0 Å². The Balaban J connectivity index is 3.32. The molecule has 0 rings (SSSR count). The molecular weight excluding hydrogens is 225 g/mol. The van der Waals surface area contributed by atoms with Crippen molar-refractivity contribution in [3.63, 3.8) is 0 Å². The zero-order valence-corrected chi connectivity index (χ0v) is 12.0. The minimum atomic E-state index is -1.91. The average Bonchev–Trinajstić information content (AvgIpc) is 2.15. The maximum absolute atomic E-state index is 11.3. The lowest BCUT2D eigenvalue weighted by Gasteiger charge is -2.21. The van der Waals surface area contributed by atoms with Crippen molar-refractivity contribution in [1.29, 1.82) is 0 Å². The van der Waals surface area contributed by atoms with Crippen LogP contribution in [0.1, 0.15) is 32.6 Å². The molecule has 0 amide bonds. The molecule has 0 spiro atoms. The highest BCUT2D eigenvalue weighted by Crippen LogP contribution is 2.23. The smallest absolute Gasteiger partial charge is 0.329 e. The Labute approximate surface area is 100 Å². The first-order valence-corrected chi connectivity index (χ1v) is 7.09. The molecule has 0 aromatic rings. The molecule has 0 bridgehead atoms. The van der Waals surface area contributed by atoms with E-state index in [1.54, 1.807) is 0 Å². The Bertz CT molecular complexity index is 192. The van der Waals surface area contributed by atoms with Gasteiger partial charge >= 0.3 is 8.25 Å². The van der Waals surface area contributed by atoms with E-state index in [2.05, 4.69) is 28.1 Å². The van der Waals surface area contributed by atoms with Crippen molar-refractivity contribution >= 4 is 8.25 Å². The summed E-state index contributed by atoms with van der Waals surface area (Å²) in [5, 5.41) is 0. The van der Waals surface area contributed by atoms with Crippen LogP contribution in [0.3, 0.4) is 0 Å². The van der Waals surface area contributed by atoms with Gasteiger partial charge in [-0.1, -0.05) is 26.2 Å². The van der Waals surface area contributed by atoms with Crippen LogP contribution in [0.5, 0.6) is 0 Å². The van der Waals surface area contributed by atoms with E-state index >= 15 is 0 Å². The Hall–Kier alpha value is -0.0200. The summed E-state index contributed by atoms with van der Waals surface area (Å²) in [4.78, 5) is 0. The van der Waals surface area contributed by atoms with E-state index in [1.165, 1.54) is 12.8 Å². The SMILES string of the molecule is CCCCCCO[P+](=O)OCC[N+](C)(C)C. The van der Waals surface area contributed by atoms with Gasteiger partial charge in [-0.2, -0.15) is 0 Å². The summed E-state index contributed by atoms with van der Waals surface area (Å²) >= 11 is 0. The van der Waals surface area contributed by atoms with Gasteiger partial charge in [0.25, 0.3) is 0 Å². The summed E-state index contributed by atoms with van der Waals surface area (Å²) in [6.07, 6.45) is 4.51. The van der Waals surface area contributed by atoms with Crippen molar-refractivity contribution in [3.8, 4) is 0 Å². The topological polar surface area (TPSA) is 35.5 Å². The number of nitrogens with zero attached hydrogens (tertiary/aromatic N) is 1. The molecule has 96 valence electrons. The minimum Gasteiger partial charge on any atom is -0.329 e. The molecule has 0 fully saturated rings. The second-order valence-electron chi connectivity index (χ2n) is 4.96. The van der Waals surface area contributed by atoms with Crippen molar-refractivity contribution in [2.45, 2.75) is 32.6 Å². The van der Waals surface area contributed by atoms with Crippen LogP contribution in [0.4, 0.5) is 0 Å². The maximum Gasteiger partial charge on any atom is 0.697 e. The van der Waals surface area contributed by atoms with E-state index in [-0.39, 0.29) is 0 Å². The third-order valence-corrected chi connectivity index (χ3v) is 2.94. The molecule has 0 saturated heterocycles. The molecular formula is C11H26NO3P+2. The maximum atomic E-state index is 11.3. The van der Waals surface area contributed by atoms with Crippen LogP contribution in [-0.4, -0.2) is 45.4 Å². The molecule has 0 aliphatic heterocycles. The molecule has 1 unspecified atom stereocenters. The number of hydrogen-bond acceptors (Lipinski definition) is 3. The molecule has 0 heterocycles. The molecule has 4 nitrogen and oxygen atoms in total. The fourth-order valence-electron chi connectivity index (χ4n) is 1.09. The molecule has 0 saturated carbocycles. The Morgan fingerprint density at radius 1 is 1.00 bits per heavy atom. The third-order valence-electron chi connectivity index (χ3n) is 2.15. The second-order valence-corrected chi connectivity index (χ2v) is 5.93. The van der Waals surface area contributed by atoms with Gasteiger partial charge in [-0.15, -0.1) is 9.05 Å². The van der Waals surface area contributed by atoms with Crippen LogP contribution < -0.4 is 0 Å². The van der Waals surface area contributed by atoms with Gasteiger partial charge < -0.3 is 4.48 Å². The molecule has 0 radical (unpaired) electrons. The zero-order chi connectivity index (χ0) is 12.4. The van der Waals surface area contributed by atoms with E-state index in [4.69, 9.17) is 9.05 Å². The first-order valence-electron chi connectivity index (χ1n) is 5.99. The minimum absolute atomic E-state index is 0.480.